The average Bonchev–Trinajstić information content (AvgIpc) is 2.84. The Bertz CT molecular complexity index is 410. The number of rotatable bonds is 2. The molecule has 0 saturated carbocycles. The van der Waals surface area contributed by atoms with Gasteiger partial charge in [-0.1, -0.05) is 29.3 Å². The van der Waals surface area contributed by atoms with E-state index < -0.39 is 0 Å². The number of benzene rings is 1. The molecule has 0 bridgehead atoms. The molecule has 2 fully saturated rings. The van der Waals surface area contributed by atoms with Crippen LogP contribution < -0.4 is 5.32 Å². The molecule has 2 heterocycles. The first kappa shape index (κ1) is 11.8. The number of nitrogens with zero attached hydrogens (tertiary/aromatic N) is 1. The summed E-state index contributed by atoms with van der Waals surface area (Å²) in [5, 5.41) is 4.75. The second-order valence-corrected chi connectivity index (χ2v) is 5.94. The summed E-state index contributed by atoms with van der Waals surface area (Å²) in [6.45, 7) is 5.77. The Kier molecular flexibility index (Phi) is 3.31. The standard InChI is InChI=1S/C13H16Cl2N2/c14-12-2-1-9(3-13(12)15)6-17-7-10-4-16-5-11(10)8-17/h1-3,10-11,16H,4-8H2/t10-,11+. The topological polar surface area (TPSA) is 15.3 Å². The molecule has 1 aromatic rings. The molecule has 0 amide bonds. The molecule has 0 unspecified atom stereocenters. The third-order valence-electron chi connectivity index (χ3n) is 3.86. The Balaban J connectivity index is 1.65. The molecule has 2 aliphatic heterocycles. The molecule has 1 N–H and O–H groups in total. The van der Waals surface area contributed by atoms with E-state index in [9.17, 15) is 0 Å². The van der Waals surface area contributed by atoms with E-state index in [1.54, 1.807) is 0 Å². The minimum absolute atomic E-state index is 0.637. The third-order valence-corrected chi connectivity index (χ3v) is 4.59. The van der Waals surface area contributed by atoms with Crippen molar-refractivity contribution in [1.82, 2.24) is 10.2 Å². The van der Waals surface area contributed by atoms with E-state index in [1.165, 1.54) is 31.7 Å². The van der Waals surface area contributed by atoms with Crippen LogP contribution in [0.2, 0.25) is 10.0 Å². The van der Waals surface area contributed by atoms with Crippen molar-refractivity contribution in [3.63, 3.8) is 0 Å². The fourth-order valence-corrected chi connectivity index (χ4v) is 3.30. The highest BCUT2D eigenvalue weighted by Crippen LogP contribution is 2.29. The summed E-state index contributed by atoms with van der Waals surface area (Å²) in [5.41, 5.74) is 1.26. The molecule has 2 aliphatic rings. The van der Waals surface area contributed by atoms with Gasteiger partial charge in [-0.15, -0.1) is 0 Å². The molecule has 4 heteroatoms. The second-order valence-electron chi connectivity index (χ2n) is 5.12. The van der Waals surface area contributed by atoms with Gasteiger partial charge in [-0.2, -0.15) is 0 Å². The lowest BCUT2D eigenvalue weighted by Crippen LogP contribution is -2.25. The van der Waals surface area contributed by atoms with Crippen LogP contribution in [-0.2, 0) is 6.54 Å². The maximum atomic E-state index is 6.03. The average molecular weight is 271 g/mol. The van der Waals surface area contributed by atoms with Crippen molar-refractivity contribution in [1.29, 1.82) is 0 Å². The van der Waals surface area contributed by atoms with E-state index in [4.69, 9.17) is 23.2 Å². The van der Waals surface area contributed by atoms with E-state index in [1.807, 2.05) is 12.1 Å². The molecule has 92 valence electrons. The fourth-order valence-electron chi connectivity index (χ4n) is 2.98. The minimum atomic E-state index is 0.637. The Morgan fingerprint density at radius 1 is 1.12 bits per heavy atom. The number of hydrogen-bond acceptors (Lipinski definition) is 2. The zero-order chi connectivity index (χ0) is 11.8. The highest BCUT2D eigenvalue weighted by molar-refractivity contribution is 6.42. The van der Waals surface area contributed by atoms with Crippen LogP contribution in [0.25, 0.3) is 0 Å². The highest BCUT2D eigenvalue weighted by atomic mass is 35.5. The number of likely N-dealkylation sites (tertiary alicyclic amines) is 1. The monoisotopic (exact) mass is 270 g/mol. The first-order chi connectivity index (χ1) is 8.22. The molecule has 0 aromatic heterocycles. The van der Waals surface area contributed by atoms with Crippen molar-refractivity contribution >= 4 is 23.2 Å². The van der Waals surface area contributed by atoms with Crippen molar-refractivity contribution in [2.24, 2.45) is 11.8 Å². The Morgan fingerprint density at radius 3 is 2.47 bits per heavy atom. The largest absolute Gasteiger partial charge is 0.316 e. The quantitative estimate of drug-likeness (QED) is 0.889. The smallest absolute Gasteiger partial charge is 0.0595 e. The first-order valence-electron chi connectivity index (χ1n) is 6.09. The van der Waals surface area contributed by atoms with Crippen molar-refractivity contribution in [2.75, 3.05) is 26.2 Å². The van der Waals surface area contributed by atoms with Crippen molar-refractivity contribution in [3.8, 4) is 0 Å². The summed E-state index contributed by atoms with van der Waals surface area (Å²) >= 11 is 12.0. The zero-order valence-electron chi connectivity index (χ0n) is 9.63. The lowest BCUT2D eigenvalue weighted by Gasteiger charge is -2.17. The van der Waals surface area contributed by atoms with Crippen LogP contribution in [0.1, 0.15) is 5.56 Å². The Labute approximate surface area is 112 Å². The number of halogens is 2. The Morgan fingerprint density at radius 2 is 1.82 bits per heavy atom. The summed E-state index contributed by atoms with van der Waals surface area (Å²) in [7, 11) is 0. The normalized spacial score (nSPS) is 28.6. The summed E-state index contributed by atoms with van der Waals surface area (Å²) in [6, 6.07) is 5.94. The van der Waals surface area contributed by atoms with Crippen LogP contribution in [0.3, 0.4) is 0 Å². The van der Waals surface area contributed by atoms with Crippen molar-refractivity contribution < 1.29 is 0 Å². The molecule has 0 aliphatic carbocycles. The number of hydrogen-bond donors (Lipinski definition) is 1. The van der Waals surface area contributed by atoms with Gasteiger partial charge in [-0.05, 0) is 42.6 Å². The maximum Gasteiger partial charge on any atom is 0.0595 e. The zero-order valence-corrected chi connectivity index (χ0v) is 11.1. The molecule has 0 radical (unpaired) electrons. The van der Waals surface area contributed by atoms with Crippen LogP contribution in [0.5, 0.6) is 0 Å². The van der Waals surface area contributed by atoms with Crippen molar-refractivity contribution in [3.05, 3.63) is 33.8 Å². The fraction of sp³-hybridized carbons (Fsp3) is 0.538. The lowest BCUT2D eigenvalue weighted by molar-refractivity contribution is 0.305. The summed E-state index contributed by atoms with van der Waals surface area (Å²) in [5.74, 6) is 1.69. The summed E-state index contributed by atoms with van der Waals surface area (Å²) < 4.78 is 0. The van der Waals surface area contributed by atoms with E-state index in [0.29, 0.717) is 10.0 Å². The maximum absolute atomic E-state index is 6.03. The number of nitrogens with one attached hydrogen (secondary N) is 1. The van der Waals surface area contributed by atoms with Gasteiger partial charge in [0.05, 0.1) is 10.0 Å². The summed E-state index contributed by atoms with van der Waals surface area (Å²) in [6.07, 6.45) is 0. The van der Waals surface area contributed by atoms with Crippen LogP contribution in [0.4, 0.5) is 0 Å². The van der Waals surface area contributed by atoms with Crippen LogP contribution in [0.15, 0.2) is 18.2 Å². The minimum Gasteiger partial charge on any atom is -0.316 e. The van der Waals surface area contributed by atoms with Gasteiger partial charge in [0.2, 0.25) is 0 Å². The van der Waals surface area contributed by atoms with Gasteiger partial charge >= 0.3 is 0 Å². The lowest BCUT2D eigenvalue weighted by atomic mass is 10.0. The third kappa shape index (κ3) is 2.45. The van der Waals surface area contributed by atoms with E-state index in [2.05, 4.69) is 16.3 Å². The predicted molar refractivity (Wildman–Crippen MR) is 71.6 cm³/mol. The number of fused-ring (bicyclic) bond motifs is 1. The second kappa shape index (κ2) is 4.77. The molecular weight excluding hydrogens is 255 g/mol. The summed E-state index contributed by atoms with van der Waals surface area (Å²) in [4.78, 5) is 2.52. The molecule has 2 nitrogen and oxygen atoms in total. The molecule has 0 spiro atoms. The van der Waals surface area contributed by atoms with Crippen LogP contribution in [0, 0.1) is 11.8 Å². The Hall–Kier alpha value is -0.280. The van der Waals surface area contributed by atoms with Crippen molar-refractivity contribution in [2.45, 2.75) is 6.54 Å². The predicted octanol–water partition coefficient (Wildman–Crippen LogP) is 2.64. The van der Waals surface area contributed by atoms with Gasteiger partial charge in [0.15, 0.2) is 0 Å². The molecule has 1 aromatic carbocycles. The van der Waals surface area contributed by atoms with Gasteiger partial charge in [0.1, 0.15) is 0 Å². The molecule has 2 saturated heterocycles. The first-order valence-corrected chi connectivity index (χ1v) is 6.85. The molecular formula is C13H16Cl2N2. The van der Waals surface area contributed by atoms with E-state index >= 15 is 0 Å². The molecule has 2 atom stereocenters. The highest BCUT2D eigenvalue weighted by Gasteiger charge is 2.35. The molecule has 3 rings (SSSR count). The van der Waals surface area contributed by atoms with Gasteiger partial charge in [0.25, 0.3) is 0 Å². The van der Waals surface area contributed by atoms with E-state index in [0.717, 1.165) is 18.4 Å². The van der Waals surface area contributed by atoms with Crippen LogP contribution in [-0.4, -0.2) is 31.1 Å². The molecule has 17 heavy (non-hydrogen) atoms. The van der Waals surface area contributed by atoms with Gasteiger partial charge in [-0.3, -0.25) is 4.90 Å². The van der Waals surface area contributed by atoms with Gasteiger partial charge in [0, 0.05) is 19.6 Å². The van der Waals surface area contributed by atoms with Crippen LogP contribution >= 0.6 is 23.2 Å². The van der Waals surface area contributed by atoms with E-state index in [-0.39, 0.29) is 0 Å². The SMILES string of the molecule is Clc1ccc(CN2C[C@H]3CNC[C@H]3C2)cc1Cl. The van der Waals surface area contributed by atoms with Gasteiger partial charge in [-0.25, -0.2) is 0 Å². The van der Waals surface area contributed by atoms with Gasteiger partial charge < -0.3 is 5.32 Å².